The van der Waals surface area contributed by atoms with Crippen molar-refractivity contribution in [1.82, 2.24) is 4.98 Å². The fourth-order valence-corrected chi connectivity index (χ4v) is 2.53. The van der Waals surface area contributed by atoms with Crippen LogP contribution in [0.2, 0.25) is 0 Å². The second kappa shape index (κ2) is 4.24. The number of para-hydroxylation sites is 1. The van der Waals surface area contributed by atoms with Crippen molar-refractivity contribution < 1.29 is 0 Å². The zero-order valence-electron chi connectivity index (χ0n) is 10.1. The molecule has 17 heavy (non-hydrogen) atoms. The summed E-state index contributed by atoms with van der Waals surface area (Å²) in [6.45, 7) is 5.43. The van der Waals surface area contributed by atoms with Gasteiger partial charge in [-0.1, -0.05) is 25.1 Å². The second-order valence-electron chi connectivity index (χ2n) is 4.45. The van der Waals surface area contributed by atoms with Crippen molar-refractivity contribution >= 4 is 22.3 Å². The third kappa shape index (κ3) is 1.71. The molecule has 0 spiro atoms. The normalized spacial score (nSPS) is 14.5. The van der Waals surface area contributed by atoms with Crippen LogP contribution in [0.1, 0.15) is 13.3 Å². The molecule has 1 aliphatic rings. The Labute approximate surface area is 101 Å². The summed E-state index contributed by atoms with van der Waals surface area (Å²) >= 11 is 0. The van der Waals surface area contributed by atoms with E-state index in [1.54, 1.807) is 0 Å². The van der Waals surface area contributed by atoms with Gasteiger partial charge in [0.15, 0.2) is 0 Å². The Balaban J connectivity index is 2.20. The molecule has 0 saturated heterocycles. The van der Waals surface area contributed by atoms with E-state index in [1.807, 2.05) is 12.3 Å². The number of anilines is 2. The molecular weight excluding hydrogens is 210 g/mol. The van der Waals surface area contributed by atoms with E-state index in [0.29, 0.717) is 0 Å². The fourth-order valence-electron chi connectivity index (χ4n) is 2.53. The van der Waals surface area contributed by atoms with E-state index >= 15 is 0 Å². The zero-order valence-corrected chi connectivity index (χ0v) is 10.1. The van der Waals surface area contributed by atoms with Crippen LogP contribution in [0.25, 0.3) is 10.9 Å². The van der Waals surface area contributed by atoms with Crippen LogP contribution < -0.4 is 10.2 Å². The van der Waals surface area contributed by atoms with Crippen molar-refractivity contribution in [3.63, 3.8) is 0 Å². The summed E-state index contributed by atoms with van der Waals surface area (Å²) in [6, 6.07) is 8.37. The molecule has 0 bridgehead atoms. The highest BCUT2D eigenvalue weighted by molar-refractivity contribution is 5.98. The molecular formula is C14H17N3. The monoisotopic (exact) mass is 227 g/mol. The molecule has 0 aliphatic carbocycles. The van der Waals surface area contributed by atoms with Crippen LogP contribution in [-0.4, -0.2) is 24.6 Å². The summed E-state index contributed by atoms with van der Waals surface area (Å²) < 4.78 is 0. The van der Waals surface area contributed by atoms with Gasteiger partial charge in [-0.3, -0.25) is 4.98 Å². The van der Waals surface area contributed by atoms with Crippen LogP contribution in [0.4, 0.5) is 11.4 Å². The van der Waals surface area contributed by atoms with Gasteiger partial charge in [0.2, 0.25) is 0 Å². The van der Waals surface area contributed by atoms with Crippen molar-refractivity contribution in [2.24, 2.45) is 0 Å². The van der Waals surface area contributed by atoms with Crippen molar-refractivity contribution in [2.45, 2.75) is 13.3 Å². The molecule has 0 radical (unpaired) electrons. The van der Waals surface area contributed by atoms with Gasteiger partial charge in [0.25, 0.3) is 0 Å². The zero-order chi connectivity index (χ0) is 11.7. The van der Waals surface area contributed by atoms with Gasteiger partial charge in [-0.25, -0.2) is 0 Å². The van der Waals surface area contributed by atoms with Gasteiger partial charge >= 0.3 is 0 Å². The van der Waals surface area contributed by atoms with Crippen LogP contribution in [-0.2, 0) is 0 Å². The first-order valence-electron chi connectivity index (χ1n) is 6.26. The second-order valence-corrected chi connectivity index (χ2v) is 4.45. The van der Waals surface area contributed by atoms with E-state index in [-0.39, 0.29) is 0 Å². The summed E-state index contributed by atoms with van der Waals surface area (Å²) in [6.07, 6.45) is 3.13. The maximum Gasteiger partial charge on any atom is 0.0771 e. The summed E-state index contributed by atoms with van der Waals surface area (Å²) in [7, 11) is 0. The highest BCUT2D eigenvalue weighted by Gasteiger charge is 2.18. The van der Waals surface area contributed by atoms with Crippen molar-refractivity contribution in [3.8, 4) is 0 Å². The summed E-state index contributed by atoms with van der Waals surface area (Å²) in [5.74, 6) is 0. The average molecular weight is 227 g/mol. The predicted molar refractivity (Wildman–Crippen MR) is 72.7 cm³/mol. The Bertz CT molecular complexity index is 536. The third-order valence-corrected chi connectivity index (χ3v) is 3.25. The summed E-state index contributed by atoms with van der Waals surface area (Å²) in [5, 5.41) is 4.69. The van der Waals surface area contributed by atoms with E-state index in [1.165, 1.54) is 23.2 Å². The lowest BCUT2D eigenvalue weighted by molar-refractivity contribution is 0.762. The maximum absolute atomic E-state index is 4.50. The van der Waals surface area contributed by atoms with E-state index in [0.717, 1.165) is 25.2 Å². The summed E-state index contributed by atoms with van der Waals surface area (Å²) in [4.78, 5) is 6.97. The first-order valence-corrected chi connectivity index (χ1v) is 6.26. The number of pyridine rings is 1. The van der Waals surface area contributed by atoms with Gasteiger partial charge < -0.3 is 10.2 Å². The molecule has 0 amide bonds. The molecule has 0 saturated carbocycles. The molecule has 1 aliphatic heterocycles. The molecule has 88 valence electrons. The van der Waals surface area contributed by atoms with Crippen molar-refractivity contribution in [3.05, 3.63) is 30.5 Å². The van der Waals surface area contributed by atoms with Crippen LogP contribution >= 0.6 is 0 Å². The molecule has 0 fully saturated rings. The SMILES string of the molecule is CCCN1CCNc2cnc3ccccc3c21. The van der Waals surface area contributed by atoms with Crippen LogP contribution in [0.5, 0.6) is 0 Å². The lowest BCUT2D eigenvalue weighted by atomic mass is 10.1. The van der Waals surface area contributed by atoms with Gasteiger partial charge in [0.1, 0.15) is 0 Å². The van der Waals surface area contributed by atoms with Gasteiger partial charge in [0, 0.05) is 25.0 Å². The van der Waals surface area contributed by atoms with Gasteiger partial charge in [-0.05, 0) is 12.5 Å². The minimum Gasteiger partial charge on any atom is -0.380 e. The first-order chi connectivity index (χ1) is 8.40. The molecule has 1 aromatic carbocycles. The molecule has 2 heterocycles. The van der Waals surface area contributed by atoms with E-state index in [2.05, 4.69) is 40.3 Å². The number of rotatable bonds is 2. The molecule has 1 N–H and O–H groups in total. The number of aromatic nitrogens is 1. The topological polar surface area (TPSA) is 28.2 Å². The quantitative estimate of drug-likeness (QED) is 0.855. The van der Waals surface area contributed by atoms with Crippen LogP contribution in [0.15, 0.2) is 30.5 Å². The van der Waals surface area contributed by atoms with Crippen LogP contribution in [0.3, 0.4) is 0 Å². The predicted octanol–water partition coefficient (Wildman–Crippen LogP) is 2.88. The fraction of sp³-hybridized carbons (Fsp3) is 0.357. The third-order valence-electron chi connectivity index (χ3n) is 3.25. The molecule has 0 unspecified atom stereocenters. The standard InChI is InChI=1S/C14H17N3/c1-2-8-17-9-7-15-13-10-16-12-6-4-3-5-11(12)14(13)17/h3-6,10,15H,2,7-9H2,1H3. The number of nitrogens with one attached hydrogen (secondary N) is 1. The molecule has 3 nitrogen and oxygen atoms in total. The Morgan fingerprint density at radius 2 is 2.24 bits per heavy atom. The molecule has 0 atom stereocenters. The van der Waals surface area contributed by atoms with Gasteiger partial charge in [-0.15, -0.1) is 0 Å². The lowest BCUT2D eigenvalue weighted by Crippen LogP contribution is -2.34. The largest absolute Gasteiger partial charge is 0.380 e. The molecule has 2 aromatic rings. The van der Waals surface area contributed by atoms with Crippen LogP contribution in [0, 0.1) is 0 Å². The van der Waals surface area contributed by atoms with Gasteiger partial charge in [-0.2, -0.15) is 0 Å². The van der Waals surface area contributed by atoms with Crippen molar-refractivity contribution in [2.75, 3.05) is 29.9 Å². The van der Waals surface area contributed by atoms with Gasteiger partial charge in [0.05, 0.1) is 23.1 Å². The first kappa shape index (κ1) is 10.4. The maximum atomic E-state index is 4.50. The lowest BCUT2D eigenvalue weighted by Gasteiger charge is -2.32. The highest BCUT2D eigenvalue weighted by Crippen LogP contribution is 2.35. The number of benzene rings is 1. The van der Waals surface area contributed by atoms with E-state index in [4.69, 9.17) is 0 Å². The Hall–Kier alpha value is -1.77. The van der Waals surface area contributed by atoms with Crippen molar-refractivity contribution in [1.29, 1.82) is 0 Å². The smallest absolute Gasteiger partial charge is 0.0771 e. The minimum absolute atomic E-state index is 1.01. The number of nitrogens with zero attached hydrogens (tertiary/aromatic N) is 2. The Kier molecular flexibility index (Phi) is 2.59. The summed E-state index contributed by atoms with van der Waals surface area (Å²) in [5.41, 5.74) is 3.57. The average Bonchev–Trinajstić information content (AvgIpc) is 2.39. The number of hydrogen-bond acceptors (Lipinski definition) is 3. The minimum atomic E-state index is 1.01. The number of fused-ring (bicyclic) bond motifs is 3. The number of hydrogen-bond donors (Lipinski definition) is 1. The Morgan fingerprint density at radius 3 is 3.12 bits per heavy atom. The highest BCUT2D eigenvalue weighted by atomic mass is 15.2. The van der Waals surface area contributed by atoms with E-state index < -0.39 is 0 Å². The Morgan fingerprint density at radius 1 is 1.35 bits per heavy atom. The molecule has 3 heteroatoms. The molecule has 3 rings (SSSR count). The van der Waals surface area contributed by atoms with E-state index in [9.17, 15) is 0 Å². The molecule has 1 aromatic heterocycles.